The van der Waals surface area contributed by atoms with Gasteiger partial charge in [-0.15, -0.1) is 0 Å². The zero-order valence-electron chi connectivity index (χ0n) is 12.6. The lowest BCUT2D eigenvalue weighted by molar-refractivity contribution is -0.142. The van der Waals surface area contributed by atoms with Crippen LogP contribution in [0.3, 0.4) is 0 Å². The molecule has 0 unspecified atom stereocenters. The van der Waals surface area contributed by atoms with Crippen molar-refractivity contribution in [2.45, 2.75) is 32.4 Å². The van der Waals surface area contributed by atoms with Gasteiger partial charge in [0.05, 0.1) is 6.10 Å². The summed E-state index contributed by atoms with van der Waals surface area (Å²) < 4.78 is 5.53. The molecule has 7 heteroatoms. The third kappa shape index (κ3) is 2.88. The predicted octanol–water partition coefficient (Wildman–Crippen LogP) is 1.33. The van der Waals surface area contributed by atoms with Gasteiger partial charge in [-0.3, -0.25) is 14.5 Å². The first kappa shape index (κ1) is 15.8. The molecular weight excluding hydrogens is 288 g/mol. The number of hydrogen-bond acceptors (Lipinski definition) is 4. The third-order valence-electron chi connectivity index (χ3n) is 3.37. The summed E-state index contributed by atoms with van der Waals surface area (Å²) in [6.45, 7) is 4.70. The molecule has 22 heavy (non-hydrogen) atoms. The number of aliphatic carboxylic acids is 1. The largest absolute Gasteiger partial charge is 0.491 e. The molecule has 1 aliphatic rings. The lowest BCUT2D eigenvalue weighted by Gasteiger charge is -2.22. The van der Waals surface area contributed by atoms with Crippen LogP contribution in [0.5, 0.6) is 5.75 Å². The smallest absolute Gasteiger partial charge is 0.325 e. The molecule has 2 N–H and O–H groups in total. The molecule has 1 atom stereocenters. The number of carbonyl (C=O) groups is 3. The molecule has 1 aliphatic heterocycles. The van der Waals surface area contributed by atoms with Gasteiger partial charge in [0.25, 0.3) is 5.91 Å². The number of carboxylic acid groups (broad SMARTS) is 1. The molecule has 0 radical (unpaired) electrons. The van der Waals surface area contributed by atoms with Crippen LogP contribution >= 0.6 is 0 Å². The fourth-order valence-corrected chi connectivity index (χ4v) is 2.31. The van der Waals surface area contributed by atoms with Crippen LogP contribution in [0.4, 0.5) is 4.79 Å². The Morgan fingerprint density at radius 1 is 1.32 bits per heavy atom. The zero-order valence-corrected chi connectivity index (χ0v) is 12.6. The number of carbonyl (C=O) groups excluding carboxylic acids is 2. The van der Waals surface area contributed by atoms with Crippen molar-refractivity contribution >= 4 is 17.9 Å². The van der Waals surface area contributed by atoms with E-state index in [2.05, 4.69) is 5.32 Å². The molecule has 1 saturated heterocycles. The molecule has 0 bridgehead atoms. The van der Waals surface area contributed by atoms with Crippen molar-refractivity contribution in [3.05, 3.63) is 29.8 Å². The van der Waals surface area contributed by atoms with Gasteiger partial charge >= 0.3 is 12.0 Å². The van der Waals surface area contributed by atoms with Gasteiger partial charge in [0.2, 0.25) is 0 Å². The highest BCUT2D eigenvalue weighted by atomic mass is 16.5. The lowest BCUT2D eigenvalue weighted by atomic mass is 9.92. The van der Waals surface area contributed by atoms with Crippen LogP contribution in [0.1, 0.15) is 26.3 Å². The second-order valence-electron chi connectivity index (χ2n) is 5.53. The number of nitrogens with one attached hydrogen (secondary N) is 1. The van der Waals surface area contributed by atoms with Crippen molar-refractivity contribution in [2.24, 2.45) is 0 Å². The van der Waals surface area contributed by atoms with E-state index in [4.69, 9.17) is 9.84 Å². The Morgan fingerprint density at radius 2 is 1.91 bits per heavy atom. The molecule has 3 amide bonds. The second kappa shape index (κ2) is 5.67. The summed E-state index contributed by atoms with van der Waals surface area (Å²) in [5.74, 6) is -1.17. The van der Waals surface area contributed by atoms with Crippen LogP contribution in [0, 0.1) is 0 Å². The van der Waals surface area contributed by atoms with Gasteiger partial charge in [-0.2, -0.15) is 0 Å². The van der Waals surface area contributed by atoms with E-state index in [0.29, 0.717) is 16.2 Å². The molecule has 118 valence electrons. The summed E-state index contributed by atoms with van der Waals surface area (Å²) in [6, 6.07) is 6.07. The van der Waals surface area contributed by atoms with Gasteiger partial charge in [0.15, 0.2) is 0 Å². The summed E-state index contributed by atoms with van der Waals surface area (Å²) in [5, 5.41) is 11.3. The van der Waals surface area contributed by atoms with Gasteiger partial charge < -0.3 is 15.2 Å². The average Bonchev–Trinajstić information content (AvgIpc) is 2.63. The fraction of sp³-hybridized carbons (Fsp3) is 0.400. The molecule has 0 spiro atoms. The van der Waals surface area contributed by atoms with Crippen LogP contribution in [0.15, 0.2) is 24.3 Å². The molecule has 7 nitrogen and oxygen atoms in total. The number of ether oxygens (including phenoxy) is 1. The van der Waals surface area contributed by atoms with Gasteiger partial charge in [-0.05, 0) is 38.5 Å². The maximum absolute atomic E-state index is 12.4. The van der Waals surface area contributed by atoms with E-state index in [9.17, 15) is 14.4 Å². The number of benzene rings is 1. The van der Waals surface area contributed by atoms with E-state index in [1.165, 1.54) is 0 Å². The number of hydrogen-bond donors (Lipinski definition) is 2. The first-order chi connectivity index (χ1) is 10.2. The lowest BCUT2D eigenvalue weighted by Crippen LogP contribution is -2.41. The van der Waals surface area contributed by atoms with E-state index < -0.39 is 30.0 Å². The summed E-state index contributed by atoms with van der Waals surface area (Å²) in [5.41, 5.74) is -0.710. The van der Waals surface area contributed by atoms with Crippen LogP contribution in [0.25, 0.3) is 0 Å². The molecular formula is C15H18N2O5. The number of amides is 3. The normalized spacial score (nSPS) is 21.2. The van der Waals surface area contributed by atoms with E-state index in [1.807, 2.05) is 13.8 Å². The Hall–Kier alpha value is -2.57. The molecule has 0 saturated carbocycles. The van der Waals surface area contributed by atoms with Gasteiger partial charge in [0, 0.05) is 0 Å². The number of urea groups is 1. The summed E-state index contributed by atoms with van der Waals surface area (Å²) >= 11 is 0. The van der Waals surface area contributed by atoms with Gasteiger partial charge in [0.1, 0.15) is 17.8 Å². The minimum atomic E-state index is -1.27. The van der Waals surface area contributed by atoms with E-state index in [1.54, 1.807) is 31.2 Å². The minimum absolute atomic E-state index is 0.0281. The molecule has 1 fully saturated rings. The topological polar surface area (TPSA) is 95.9 Å². The van der Waals surface area contributed by atoms with Crippen LogP contribution < -0.4 is 10.1 Å². The van der Waals surface area contributed by atoms with E-state index >= 15 is 0 Å². The molecule has 1 aromatic rings. The molecule has 0 aliphatic carbocycles. The standard InChI is InChI=1S/C15H18N2O5/c1-9(2)22-11-6-4-10(5-7-11)15(3)13(20)17(8-12(18)19)14(21)16-15/h4-7,9H,8H2,1-3H3,(H,16,21)(H,18,19)/t15-/m1/s1. The highest BCUT2D eigenvalue weighted by Gasteiger charge is 2.49. The number of imide groups is 1. The molecule has 2 rings (SSSR count). The molecule has 0 aromatic heterocycles. The Labute approximate surface area is 127 Å². The third-order valence-corrected chi connectivity index (χ3v) is 3.37. The second-order valence-corrected chi connectivity index (χ2v) is 5.53. The van der Waals surface area contributed by atoms with Gasteiger partial charge in [-0.25, -0.2) is 4.79 Å². The highest BCUT2D eigenvalue weighted by Crippen LogP contribution is 2.30. The number of rotatable bonds is 5. The average molecular weight is 306 g/mol. The van der Waals surface area contributed by atoms with Crippen LogP contribution in [-0.4, -0.2) is 40.6 Å². The highest BCUT2D eigenvalue weighted by molar-refractivity contribution is 6.08. The van der Waals surface area contributed by atoms with Crippen LogP contribution in [-0.2, 0) is 15.1 Å². The first-order valence-corrected chi connectivity index (χ1v) is 6.87. The Morgan fingerprint density at radius 3 is 2.41 bits per heavy atom. The maximum Gasteiger partial charge on any atom is 0.325 e. The van der Waals surface area contributed by atoms with Crippen molar-refractivity contribution in [2.75, 3.05) is 6.54 Å². The Kier molecular flexibility index (Phi) is 4.07. The Bertz CT molecular complexity index is 611. The van der Waals surface area contributed by atoms with Crippen LogP contribution in [0.2, 0.25) is 0 Å². The molecule has 1 heterocycles. The summed E-state index contributed by atoms with van der Waals surface area (Å²) in [4.78, 5) is 35.7. The zero-order chi connectivity index (χ0) is 16.5. The van der Waals surface area contributed by atoms with E-state index in [-0.39, 0.29) is 6.10 Å². The summed E-state index contributed by atoms with van der Waals surface area (Å²) in [7, 11) is 0. The van der Waals surface area contributed by atoms with Crippen molar-refractivity contribution in [3.8, 4) is 5.75 Å². The van der Waals surface area contributed by atoms with Crippen molar-refractivity contribution in [1.29, 1.82) is 0 Å². The minimum Gasteiger partial charge on any atom is -0.491 e. The fourth-order valence-electron chi connectivity index (χ4n) is 2.31. The number of carboxylic acids is 1. The SMILES string of the molecule is CC(C)Oc1ccc([C@@]2(C)NC(=O)N(CC(=O)O)C2=O)cc1. The quantitative estimate of drug-likeness (QED) is 0.800. The monoisotopic (exact) mass is 306 g/mol. The maximum atomic E-state index is 12.4. The first-order valence-electron chi connectivity index (χ1n) is 6.87. The number of nitrogens with zero attached hydrogens (tertiary/aromatic N) is 1. The predicted molar refractivity (Wildman–Crippen MR) is 77.4 cm³/mol. The van der Waals surface area contributed by atoms with Crippen molar-refractivity contribution < 1.29 is 24.2 Å². The van der Waals surface area contributed by atoms with E-state index in [0.717, 1.165) is 0 Å². The summed E-state index contributed by atoms with van der Waals surface area (Å²) in [6.07, 6.45) is 0.0281. The van der Waals surface area contributed by atoms with Gasteiger partial charge in [-0.1, -0.05) is 12.1 Å². The molecule has 1 aromatic carbocycles. The Balaban J connectivity index is 2.25. The van der Waals surface area contributed by atoms with Crippen molar-refractivity contribution in [1.82, 2.24) is 10.2 Å². The van der Waals surface area contributed by atoms with Crippen molar-refractivity contribution in [3.63, 3.8) is 0 Å².